The summed E-state index contributed by atoms with van der Waals surface area (Å²) < 4.78 is 31.7. The lowest BCUT2D eigenvalue weighted by Crippen LogP contribution is -2.38. The summed E-state index contributed by atoms with van der Waals surface area (Å²) in [6.07, 6.45) is -4.41. The molecule has 1 aliphatic rings. The summed E-state index contributed by atoms with van der Waals surface area (Å²) in [7, 11) is 0. The highest BCUT2D eigenvalue weighted by Crippen LogP contribution is 2.25. The zero-order valence-electron chi connectivity index (χ0n) is 13.9. The number of halogens is 3. The van der Waals surface area contributed by atoms with Gasteiger partial charge >= 0.3 is 12.1 Å². The maximum absolute atomic E-state index is 11.9. The van der Waals surface area contributed by atoms with Crippen molar-refractivity contribution in [3.05, 3.63) is 35.9 Å². The van der Waals surface area contributed by atoms with E-state index in [1.807, 2.05) is 30.3 Å². The van der Waals surface area contributed by atoms with Crippen LogP contribution in [-0.2, 0) is 21.0 Å². The van der Waals surface area contributed by atoms with Crippen LogP contribution >= 0.6 is 0 Å². The average Bonchev–Trinajstić information content (AvgIpc) is 2.81. The van der Waals surface area contributed by atoms with Gasteiger partial charge < -0.3 is 10.8 Å². The number of carbonyl (C=O) groups is 2. The quantitative estimate of drug-likeness (QED) is 0.858. The predicted octanol–water partition coefficient (Wildman–Crippen LogP) is 2.34. The van der Waals surface area contributed by atoms with E-state index in [2.05, 4.69) is 13.8 Å². The predicted molar refractivity (Wildman–Crippen MR) is 83.0 cm³/mol. The number of hydrogen-bond donors (Lipinski definition) is 2. The molecule has 1 saturated heterocycles. The Morgan fingerprint density at radius 1 is 1.36 bits per heavy atom. The smallest absolute Gasteiger partial charge is 0.475 e. The van der Waals surface area contributed by atoms with Gasteiger partial charge in [-0.3, -0.25) is 9.63 Å². The lowest BCUT2D eigenvalue weighted by atomic mass is 10.0. The highest BCUT2D eigenvalue weighted by Gasteiger charge is 2.40. The lowest BCUT2D eigenvalue weighted by molar-refractivity contribution is -0.199. The molecule has 1 aliphatic heterocycles. The van der Waals surface area contributed by atoms with Gasteiger partial charge in [-0.2, -0.15) is 13.2 Å². The van der Waals surface area contributed by atoms with Crippen LogP contribution < -0.4 is 5.73 Å². The summed E-state index contributed by atoms with van der Waals surface area (Å²) in [6.45, 7) is 4.56. The van der Waals surface area contributed by atoms with Crippen LogP contribution in [0.5, 0.6) is 0 Å². The molecule has 0 spiro atoms. The first-order valence-corrected chi connectivity index (χ1v) is 7.59. The molecule has 0 saturated carbocycles. The molecule has 0 aromatic heterocycles. The second kappa shape index (κ2) is 8.82. The number of nitrogens with two attached hydrogens (primary N) is 1. The topological polar surface area (TPSA) is 92.9 Å². The Kier molecular flexibility index (Phi) is 7.38. The number of nitrogens with zero attached hydrogens (tertiary/aromatic N) is 1. The van der Waals surface area contributed by atoms with Gasteiger partial charge in [-0.25, -0.2) is 9.86 Å². The zero-order chi connectivity index (χ0) is 19.2. The van der Waals surface area contributed by atoms with E-state index in [1.54, 1.807) is 0 Å². The molecule has 2 atom stereocenters. The molecule has 25 heavy (non-hydrogen) atoms. The summed E-state index contributed by atoms with van der Waals surface area (Å²) in [5.74, 6) is -2.52. The fourth-order valence-corrected chi connectivity index (χ4v) is 2.20. The highest BCUT2D eigenvalue weighted by atomic mass is 19.4. The molecular weight excluding hydrogens is 341 g/mol. The first-order chi connectivity index (χ1) is 11.5. The number of rotatable bonds is 4. The van der Waals surface area contributed by atoms with Crippen molar-refractivity contribution in [1.82, 2.24) is 5.06 Å². The largest absolute Gasteiger partial charge is 0.490 e. The maximum atomic E-state index is 11.9. The number of alkyl halides is 3. The molecule has 9 heteroatoms. The van der Waals surface area contributed by atoms with Gasteiger partial charge in [0.05, 0.1) is 12.1 Å². The van der Waals surface area contributed by atoms with E-state index in [0.29, 0.717) is 18.9 Å². The van der Waals surface area contributed by atoms with Gasteiger partial charge in [0.1, 0.15) is 6.61 Å². The highest BCUT2D eigenvalue weighted by molar-refractivity contribution is 5.83. The van der Waals surface area contributed by atoms with E-state index in [-0.39, 0.29) is 11.9 Å². The molecule has 0 radical (unpaired) electrons. The number of carboxylic acid groups (broad SMARTS) is 1. The van der Waals surface area contributed by atoms with Gasteiger partial charge in [-0.05, 0) is 17.9 Å². The number of hydroxylamine groups is 2. The van der Waals surface area contributed by atoms with Crippen LogP contribution in [0, 0.1) is 5.92 Å². The minimum atomic E-state index is -5.08. The van der Waals surface area contributed by atoms with Crippen molar-refractivity contribution in [1.29, 1.82) is 0 Å². The molecule has 1 amide bonds. The summed E-state index contributed by atoms with van der Waals surface area (Å²) in [5.41, 5.74) is 6.84. The number of carbonyl (C=O) groups excluding carboxylic acids is 1. The van der Waals surface area contributed by atoms with Crippen molar-refractivity contribution in [3.8, 4) is 0 Å². The Balaban J connectivity index is 0.000000381. The normalized spacial score (nSPS) is 20.4. The van der Waals surface area contributed by atoms with E-state index in [9.17, 15) is 18.0 Å². The third kappa shape index (κ3) is 6.35. The molecule has 0 aliphatic carbocycles. The molecule has 140 valence electrons. The number of amides is 1. The maximum Gasteiger partial charge on any atom is 0.490 e. The second-order valence-corrected chi connectivity index (χ2v) is 5.88. The van der Waals surface area contributed by atoms with E-state index < -0.39 is 18.2 Å². The first kappa shape index (κ1) is 20.9. The standard InChI is InChI=1S/C14H20N2O2.C2HF3O2/c1-10(2)13-8-12(15)14(17)16(13)18-9-11-6-4-3-5-7-11;3-2(4,5)1(6)7/h3-7,10,12-13H,8-9,15H2,1-2H3;(H,6,7)/t12-,13-;/m1./s1. The van der Waals surface area contributed by atoms with Gasteiger partial charge in [-0.1, -0.05) is 44.2 Å². The van der Waals surface area contributed by atoms with Crippen LogP contribution in [0.1, 0.15) is 25.8 Å². The molecular formula is C16H21F3N2O4. The monoisotopic (exact) mass is 362 g/mol. The Morgan fingerprint density at radius 3 is 2.32 bits per heavy atom. The molecule has 3 N–H and O–H groups in total. The molecule has 1 heterocycles. The second-order valence-electron chi connectivity index (χ2n) is 5.88. The SMILES string of the molecule is CC(C)[C@H]1C[C@@H](N)C(=O)N1OCc1ccccc1.O=C(O)C(F)(F)F. The van der Waals surface area contributed by atoms with Gasteiger partial charge in [-0.15, -0.1) is 0 Å². The first-order valence-electron chi connectivity index (χ1n) is 7.59. The fourth-order valence-electron chi connectivity index (χ4n) is 2.20. The number of hydrogen-bond acceptors (Lipinski definition) is 4. The van der Waals surface area contributed by atoms with Crippen molar-refractivity contribution < 1.29 is 32.7 Å². The summed E-state index contributed by atoms with van der Waals surface area (Å²) >= 11 is 0. The Bertz CT molecular complexity index is 578. The molecule has 0 unspecified atom stereocenters. The summed E-state index contributed by atoms with van der Waals surface area (Å²) in [6, 6.07) is 9.48. The Hall–Kier alpha value is -2.13. The van der Waals surface area contributed by atoms with Crippen LogP contribution in [0.15, 0.2) is 30.3 Å². The van der Waals surface area contributed by atoms with Crippen LogP contribution in [-0.4, -0.2) is 40.3 Å². The van der Waals surface area contributed by atoms with Crippen LogP contribution in [0.25, 0.3) is 0 Å². The summed E-state index contributed by atoms with van der Waals surface area (Å²) in [5, 5.41) is 8.60. The van der Waals surface area contributed by atoms with Crippen LogP contribution in [0.4, 0.5) is 13.2 Å². The summed E-state index contributed by atoms with van der Waals surface area (Å²) in [4.78, 5) is 26.5. The fraction of sp³-hybridized carbons (Fsp3) is 0.500. The van der Waals surface area contributed by atoms with Crippen molar-refractivity contribution in [3.63, 3.8) is 0 Å². The lowest BCUT2D eigenvalue weighted by Gasteiger charge is -2.26. The molecule has 1 fully saturated rings. The Labute approximate surface area is 143 Å². The van der Waals surface area contributed by atoms with Crippen LogP contribution in [0.2, 0.25) is 0 Å². The van der Waals surface area contributed by atoms with Gasteiger partial charge in [0, 0.05) is 0 Å². The molecule has 1 aromatic rings. The van der Waals surface area contributed by atoms with Crippen molar-refractivity contribution >= 4 is 11.9 Å². The Morgan fingerprint density at radius 2 is 1.88 bits per heavy atom. The average molecular weight is 362 g/mol. The molecule has 6 nitrogen and oxygen atoms in total. The number of carboxylic acids is 1. The van der Waals surface area contributed by atoms with Crippen molar-refractivity contribution in [2.24, 2.45) is 11.7 Å². The van der Waals surface area contributed by atoms with Gasteiger partial charge in [0.15, 0.2) is 0 Å². The molecule has 1 aromatic carbocycles. The van der Waals surface area contributed by atoms with Crippen molar-refractivity contribution in [2.45, 2.75) is 45.1 Å². The minimum Gasteiger partial charge on any atom is -0.475 e. The van der Waals surface area contributed by atoms with Crippen LogP contribution in [0.3, 0.4) is 0 Å². The number of benzene rings is 1. The van der Waals surface area contributed by atoms with E-state index >= 15 is 0 Å². The van der Waals surface area contributed by atoms with Crippen molar-refractivity contribution in [2.75, 3.05) is 0 Å². The minimum absolute atomic E-state index is 0.0798. The van der Waals surface area contributed by atoms with E-state index in [4.69, 9.17) is 20.5 Å². The molecule has 2 rings (SSSR count). The van der Waals surface area contributed by atoms with Gasteiger partial charge in [0.25, 0.3) is 5.91 Å². The number of aliphatic carboxylic acids is 1. The van der Waals surface area contributed by atoms with Gasteiger partial charge in [0.2, 0.25) is 0 Å². The zero-order valence-corrected chi connectivity index (χ0v) is 13.9. The third-order valence-electron chi connectivity index (χ3n) is 3.56. The van der Waals surface area contributed by atoms with E-state index in [0.717, 1.165) is 5.56 Å². The van der Waals surface area contributed by atoms with E-state index in [1.165, 1.54) is 5.06 Å². The molecule has 0 bridgehead atoms. The third-order valence-corrected chi connectivity index (χ3v) is 3.56.